The van der Waals surface area contributed by atoms with Crippen molar-refractivity contribution in [2.24, 2.45) is 5.73 Å². The van der Waals surface area contributed by atoms with Crippen molar-refractivity contribution in [2.75, 3.05) is 13.6 Å². The molecule has 1 fully saturated rings. The Morgan fingerprint density at radius 3 is 2.11 bits per heavy atom. The Bertz CT molecular complexity index is 539. The van der Waals surface area contributed by atoms with Crippen LogP contribution in [0.3, 0.4) is 0 Å². The van der Waals surface area contributed by atoms with Gasteiger partial charge in [0.1, 0.15) is 0 Å². The van der Waals surface area contributed by atoms with Gasteiger partial charge in [-0.1, -0.05) is 17.7 Å². The number of amides is 1. The molecule has 106 valence electrons. The van der Waals surface area contributed by atoms with Gasteiger partial charge in [-0.2, -0.15) is 8.42 Å². The third kappa shape index (κ3) is 4.98. The lowest BCUT2D eigenvalue weighted by atomic mass is 10.2. The molecule has 19 heavy (non-hydrogen) atoms. The van der Waals surface area contributed by atoms with Crippen LogP contribution in [0.1, 0.15) is 12.0 Å². The number of likely N-dealkylation sites (tertiary alicyclic amines) is 1. The molecule has 1 aliphatic rings. The zero-order chi connectivity index (χ0) is 14.6. The highest BCUT2D eigenvalue weighted by Crippen LogP contribution is 2.08. The number of benzene rings is 1. The molecule has 0 radical (unpaired) electrons. The van der Waals surface area contributed by atoms with Crippen LogP contribution in [0.4, 0.5) is 0 Å². The molecule has 1 aliphatic heterocycles. The van der Waals surface area contributed by atoms with Gasteiger partial charge in [0.15, 0.2) is 0 Å². The van der Waals surface area contributed by atoms with Crippen molar-refractivity contribution >= 4 is 16.0 Å². The van der Waals surface area contributed by atoms with Crippen molar-refractivity contribution in [3.63, 3.8) is 0 Å². The van der Waals surface area contributed by atoms with Crippen molar-refractivity contribution < 1.29 is 17.8 Å². The van der Waals surface area contributed by atoms with Crippen molar-refractivity contribution in [3.8, 4) is 0 Å². The molecule has 0 spiro atoms. The summed E-state index contributed by atoms with van der Waals surface area (Å²) in [5.74, 6) is 0.164. The second kappa shape index (κ2) is 6.14. The summed E-state index contributed by atoms with van der Waals surface area (Å²) in [6, 6.07) is 6.06. The number of hydrogen-bond acceptors (Lipinski definition) is 4. The number of aryl methyl sites for hydroxylation is 1. The fourth-order valence-electron chi connectivity index (χ4n) is 1.61. The van der Waals surface area contributed by atoms with E-state index < -0.39 is 10.1 Å². The van der Waals surface area contributed by atoms with E-state index in [0.717, 1.165) is 12.1 Å². The third-order valence-electron chi connectivity index (χ3n) is 2.69. The molecule has 6 nitrogen and oxygen atoms in total. The fourth-order valence-corrected chi connectivity index (χ4v) is 2.09. The van der Waals surface area contributed by atoms with E-state index >= 15 is 0 Å². The Morgan fingerprint density at radius 1 is 1.32 bits per heavy atom. The molecule has 0 aliphatic carbocycles. The van der Waals surface area contributed by atoms with E-state index in [2.05, 4.69) is 0 Å². The molecule has 0 aromatic heterocycles. The van der Waals surface area contributed by atoms with Gasteiger partial charge in [-0.05, 0) is 19.1 Å². The largest absolute Gasteiger partial charge is 0.344 e. The van der Waals surface area contributed by atoms with Crippen molar-refractivity contribution in [2.45, 2.75) is 24.3 Å². The summed E-state index contributed by atoms with van der Waals surface area (Å²) in [5.41, 5.74) is 6.41. The van der Waals surface area contributed by atoms with E-state index in [9.17, 15) is 13.2 Å². The first-order valence-corrected chi connectivity index (χ1v) is 7.18. The van der Waals surface area contributed by atoms with Gasteiger partial charge in [0.25, 0.3) is 10.1 Å². The van der Waals surface area contributed by atoms with Crippen molar-refractivity contribution in [1.29, 1.82) is 0 Å². The summed E-state index contributed by atoms with van der Waals surface area (Å²) < 4.78 is 29.6. The number of carbonyl (C=O) groups is 1. The van der Waals surface area contributed by atoms with Gasteiger partial charge in [0, 0.05) is 26.1 Å². The van der Waals surface area contributed by atoms with E-state index in [0.29, 0.717) is 6.42 Å². The van der Waals surface area contributed by atoms with Crippen LogP contribution < -0.4 is 5.73 Å². The average Bonchev–Trinajstić information content (AvgIpc) is 2.56. The van der Waals surface area contributed by atoms with Crippen LogP contribution in [0.2, 0.25) is 0 Å². The quantitative estimate of drug-likeness (QED) is 0.729. The second-order valence-electron chi connectivity index (χ2n) is 4.53. The number of nitrogens with two attached hydrogens (primary N) is 1. The van der Waals surface area contributed by atoms with Crippen molar-refractivity contribution in [3.05, 3.63) is 29.8 Å². The SMILES string of the molecule is CN1C[C@H](N)CC1=O.Cc1ccc(S(=O)(=O)O)cc1. The number of carbonyl (C=O) groups excluding carboxylic acids is 1. The standard InChI is InChI=1S/C7H8O3S.C5H10N2O/c1-6-2-4-7(5-3-6)11(8,9)10;1-7-3-4(6)2-5(7)8/h2-5H,1H3,(H,8,9,10);4H,2-3,6H2,1H3/t;4-/m.1/s1. The lowest BCUT2D eigenvalue weighted by molar-refractivity contribution is -0.126. The topological polar surface area (TPSA) is 101 Å². The Balaban J connectivity index is 0.000000200. The highest BCUT2D eigenvalue weighted by atomic mass is 32.2. The molecule has 1 aromatic carbocycles. The molecule has 0 unspecified atom stereocenters. The highest BCUT2D eigenvalue weighted by molar-refractivity contribution is 7.85. The van der Waals surface area contributed by atoms with Crippen LogP contribution in [-0.2, 0) is 14.9 Å². The van der Waals surface area contributed by atoms with Gasteiger partial charge in [-0.3, -0.25) is 9.35 Å². The molecule has 1 aromatic rings. The zero-order valence-corrected chi connectivity index (χ0v) is 11.7. The molecular weight excluding hydrogens is 268 g/mol. The molecule has 2 rings (SSSR count). The first kappa shape index (κ1) is 15.6. The van der Waals surface area contributed by atoms with Crippen LogP contribution in [0.5, 0.6) is 0 Å². The van der Waals surface area contributed by atoms with Gasteiger partial charge in [-0.15, -0.1) is 0 Å². The molecule has 3 N–H and O–H groups in total. The predicted octanol–water partition coefficient (Wildman–Crippen LogP) is 0.418. The second-order valence-corrected chi connectivity index (χ2v) is 5.95. The third-order valence-corrected chi connectivity index (χ3v) is 3.56. The summed E-state index contributed by atoms with van der Waals surface area (Å²) in [7, 11) is -2.25. The van der Waals surface area contributed by atoms with Gasteiger partial charge in [0.2, 0.25) is 5.91 Å². The maximum atomic E-state index is 10.6. The minimum absolute atomic E-state index is 0.0666. The first-order valence-electron chi connectivity index (χ1n) is 5.74. The van der Waals surface area contributed by atoms with Crippen molar-refractivity contribution in [1.82, 2.24) is 4.90 Å². The zero-order valence-electron chi connectivity index (χ0n) is 10.9. The van der Waals surface area contributed by atoms with E-state index in [4.69, 9.17) is 10.3 Å². The molecule has 0 saturated carbocycles. The summed E-state index contributed by atoms with van der Waals surface area (Å²) in [6.07, 6.45) is 0.524. The average molecular weight is 286 g/mol. The smallest absolute Gasteiger partial charge is 0.294 e. The molecular formula is C12H18N2O4S. The summed E-state index contributed by atoms with van der Waals surface area (Å²) in [4.78, 5) is 12.2. The van der Waals surface area contributed by atoms with Gasteiger partial charge >= 0.3 is 0 Å². The number of likely N-dealkylation sites (N-methyl/N-ethyl adjacent to an activating group) is 1. The number of nitrogens with zero attached hydrogens (tertiary/aromatic N) is 1. The molecule has 7 heteroatoms. The molecule has 1 saturated heterocycles. The lowest BCUT2D eigenvalue weighted by Crippen LogP contribution is -2.24. The summed E-state index contributed by atoms with van der Waals surface area (Å²) in [6.45, 7) is 2.56. The Kier molecular flexibility index (Phi) is 5.04. The molecule has 1 amide bonds. The number of rotatable bonds is 1. The van der Waals surface area contributed by atoms with Gasteiger partial charge < -0.3 is 10.6 Å². The first-order chi connectivity index (χ1) is 8.70. The van der Waals surface area contributed by atoms with E-state index in [1.165, 1.54) is 12.1 Å². The van der Waals surface area contributed by atoms with Crippen LogP contribution in [0, 0.1) is 6.92 Å². The summed E-state index contributed by atoms with van der Waals surface area (Å²) in [5, 5.41) is 0. The molecule has 0 bridgehead atoms. The fraction of sp³-hybridized carbons (Fsp3) is 0.417. The van der Waals surface area contributed by atoms with E-state index in [1.54, 1.807) is 24.1 Å². The normalized spacial score (nSPS) is 19.1. The van der Waals surface area contributed by atoms with E-state index in [-0.39, 0.29) is 16.8 Å². The van der Waals surface area contributed by atoms with Gasteiger partial charge in [0.05, 0.1) is 4.90 Å². The van der Waals surface area contributed by atoms with Crippen LogP contribution in [0.15, 0.2) is 29.2 Å². The Labute approximate surface area is 113 Å². The monoisotopic (exact) mass is 286 g/mol. The lowest BCUT2D eigenvalue weighted by Gasteiger charge is -2.04. The molecule has 1 atom stereocenters. The minimum Gasteiger partial charge on any atom is -0.344 e. The number of hydrogen-bond donors (Lipinski definition) is 2. The Hall–Kier alpha value is -1.44. The van der Waals surface area contributed by atoms with Crippen LogP contribution in [-0.4, -0.2) is 43.4 Å². The molecule has 1 heterocycles. The van der Waals surface area contributed by atoms with Crippen LogP contribution in [0.25, 0.3) is 0 Å². The van der Waals surface area contributed by atoms with E-state index in [1.807, 2.05) is 6.92 Å². The van der Waals surface area contributed by atoms with Crippen LogP contribution >= 0.6 is 0 Å². The minimum atomic E-state index is -4.02. The van der Waals surface area contributed by atoms with Gasteiger partial charge in [-0.25, -0.2) is 0 Å². The highest BCUT2D eigenvalue weighted by Gasteiger charge is 2.22. The maximum absolute atomic E-state index is 10.6. The predicted molar refractivity (Wildman–Crippen MR) is 71.2 cm³/mol. The summed E-state index contributed by atoms with van der Waals surface area (Å²) >= 11 is 0. The Morgan fingerprint density at radius 2 is 1.84 bits per heavy atom. The maximum Gasteiger partial charge on any atom is 0.294 e.